The number of esters is 1. The summed E-state index contributed by atoms with van der Waals surface area (Å²) in [6, 6.07) is -1.22. The Morgan fingerprint density at radius 1 is 1.44 bits per heavy atom. The summed E-state index contributed by atoms with van der Waals surface area (Å²) >= 11 is 0. The second-order valence-electron chi connectivity index (χ2n) is 3.99. The summed E-state index contributed by atoms with van der Waals surface area (Å²) in [5.41, 5.74) is 0. The number of aliphatic hydroxyl groups excluding tert-OH is 2. The van der Waals surface area contributed by atoms with E-state index in [9.17, 15) is 19.1 Å². The SMILES string of the molecule is CC(=O)N[C@H]1[C@@H](OC(C)=O)[C@H](F)[C@@H](CO)O[C@@H]1O. The molecule has 18 heavy (non-hydrogen) atoms. The lowest BCUT2D eigenvalue weighted by Crippen LogP contribution is -2.63. The Morgan fingerprint density at radius 2 is 2.06 bits per heavy atom. The summed E-state index contributed by atoms with van der Waals surface area (Å²) in [4.78, 5) is 21.9. The van der Waals surface area contributed by atoms with Crippen LogP contribution in [0.5, 0.6) is 0 Å². The molecule has 0 aromatic rings. The van der Waals surface area contributed by atoms with Gasteiger partial charge in [0.25, 0.3) is 0 Å². The van der Waals surface area contributed by atoms with Crippen molar-refractivity contribution in [2.75, 3.05) is 6.61 Å². The highest BCUT2D eigenvalue weighted by atomic mass is 19.1. The molecule has 1 heterocycles. The van der Waals surface area contributed by atoms with Crippen LogP contribution in [0.25, 0.3) is 0 Å². The van der Waals surface area contributed by atoms with Crippen LogP contribution < -0.4 is 5.32 Å². The molecule has 0 bridgehead atoms. The second-order valence-corrected chi connectivity index (χ2v) is 3.99. The van der Waals surface area contributed by atoms with Gasteiger partial charge < -0.3 is 25.0 Å². The van der Waals surface area contributed by atoms with Crippen molar-refractivity contribution in [2.24, 2.45) is 0 Å². The number of hydrogen-bond acceptors (Lipinski definition) is 6. The lowest BCUT2D eigenvalue weighted by molar-refractivity contribution is -0.245. The predicted molar refractivity (Wildman–Crippen MR) is 56.0 cm³/mol. The van der Waals surface area contributed by atoms with E-state index in [1.165, 1.54) is 6.92 Å². The van der Waals surface area contributed by atoms with Crippen LogP contribution in [-0.4, -0.2) is 59.4 Å². The van der Waals surface area contributed by atoms with Crippen molar-refractivity contribution in [2.45, 2.75) is 44.6 Å². The van der Waals surface area contributed by atoms with E-state index in [0.717, 1.165) is 6.92 Å². The van der Waals surface area contributed by atoms with Crippen molar-refractivity contribution >= 4 is 11.9 Å². The average Bonchev–Trinajstić information content (AvgIpc) is 2.27. The molecule has 0 radical (unpaired) electrons. The maximum absolute atomic E-state index is 13.9. The highest BCUT2D eigenvalue weighted by Gasteiger charge is 2.48. The standard InChI is InChI=1S/C10H16FNO6/c1-4(14)12-8-9(17-5(2)15)7(11)6(3-13)18-10(8)16/h6-10,13,16H,3H2,1-2H3,(H,12,14)/t6-,7-,8+,9+,10+/m1/s1. The molecule has 0 aromatic heterocycles. The molecule has 104 valence electrons. The molecule has 7 nitrogen and oxygen atoms in total. The fraction of sp³-hybridized carbons (Fsp3) is 0.800. The molecule has 1 aliphatic rings. The summed E-state index contributed by atoms with van der Waals surface area (Å²) in [7, 11) is 0. The minimum atomic E-state index is -1.85. The molecule has 0 spiro atoms. The fourth-order valence-corrected chi connectivity index (χ4v) is 1.77. The van der Waals surface area contributed by atoms with E-state index < -0.39 is 49.2 Å². The summed E-state index contributed by atoms with van der Waals surface area (Å²) in [5, 5.41) is 20.8. The van der Waals surface area contributed by atoms with E-state index in [4.69, 9.17) is 14.6 Å². The van der Waals surface area contributed by atoms with Crippen LogP contribution in [0, 0.1) is 0 Å². The third kappa shape index (κ3) is 3.37. The zero-order chi connectivity index (χ0) is 13.9. The number of rotatable bonds is 3. The predicted octanol–water partition coefficient (Wildman–Crippen LogP) is -1.53. The molecule has 0 aliphatic carbocycles. The Hall–Kier alpha value is -1.25. The molecule has 1 fully saturated rings. The molecule has 1 amide bonds. The number of ether oxygens (including phenoxy) is 2. The first kappa shape index (κ1) is 14.8. The number of amides is 1. The topological polar surface area (TPSA) is 105 Å². The third-order valence-electron chi connectivity index (χ3n) is 2.50. The van der Waals surface area contributed by atoms with Gasteiger partial charge in [0, 0.05) is 13.8 Å². The van der Waals surface area contributed by atoms with Crippen LogP contribution in [0.4, 0.5) is 4.39 Å². The molecule has 1 saturated heterocycles. The number of alkyl halides is 1. The first-order valence-corrected chi connectivity index (χ1v) is 5.39. The minimum Gasteiger partial charge on any atom is -0.457 e. The number of halogens is 1. The van der Waals surface area contributed by atoms with Crippen LogP contribution in [0.2, 0.25) is 0 Å². The number of aliphatic hydroxyl groups is 2. The molecule has 1 aliphatic heterocycles. The van der Waals surface area contributed by atoms with E-state index >= 15 is 0 Å². The van der Waals surface area contributed by atoms with Crippen molar-refractivity contribution in [3.8, 4) is 0 Å². The summed E-state index contributed by atoms with van der Waals surface area (Å²) in [5.74, 6) is -1.29. The first-order chi connectivity index (χ1) is 8.36. The van der Waals surface area contributed by atoms with Crippen molar-refractivity contribution in [1.29, 1.82) is 0 Å². The van der Waals surface area contributed by atoms with Gasteiger partial charge in [0.1, 0.15) is 12.1 Å². The van der Waals surface area contributed by atoms with Gasteiger partial charge in [0.2, 0.25) is 5.91 Å². The zero-order valence-corrected chi connectivity index (χ0v) is 10.00. The molecular formula is C10H16FNO6. The van der Waals surface area contributed by atoms with Gasteiger partial charge in [-0.05, 0) is 0 Å². The van der Waals surface area contributed by atoms with Gasteiger partial charge in [0.15, 0.2) is 18.6 Å². The van der Waals surface area contributed by atoms with E-state index in [1.807, 2.05) is 0 Å². The number of nitrogens with one attached hydrogen (secondary N) is 1. The number of carbonyl (C=O) groups is 2. The van der Waals surface area contributed by atoms with Gasteiger partial charge in [0.05, 0.1) is 6.61 Å². The Balaban J connectivity index is 2.89. The molecule has 8 heteroatoms. The van der Waals surface area contributed by atoms with Crippen molar-refractivity contribution in [3.05, 3.63) is 0 Å². The highest BCUT2D eigenvalue weighted by molar-refractivity contribution is 5.73. The van der Waals surface area contributed by atoms with Crippen LogP contribution in [-0.2, 0) is 19.1 Å². The van der Waals surface area contributed by atoms with E-state index in [2.05, 4.69) is 5.32 Å². The average molecular weight is 265 g/mol. The van der Waals surface area contributed by atoms with Gasteiger partial charge in [-0.2, -0.15) is 0 Å². The third-order valence-corrected chi connectivity index (χ3v) is 2.50. The summed E-state index contributed by atoms with van der Waals surface area (Å²) < 4.78 is 23.5. The monoisotopic (exact) mass is 265 g/mol. The number of carbonyl (C=O) groups excluding carboxylic acids is 2. The lowest BCUT2D eigenvalue weighted by atomic mass is 9.98. The fourth-order valence-electron chi connectivity index (χ4n) is 1.77. The van der Waals surface area contributed by atoms with Crippen LogP contribution in [0.1, 0.15) is 13.8 Å². The van der Waals surface area contributed by atoms with Gasteiger partial charge >= 0.3 is 5.97 Å². The zero-order valence-electron chi connectivity index (χ0n) is 10.00. The molecular weight excluding hydrogens is 249 g/mol. The van der Waals surface area contributed by atoms with Crippen LogP contribution in [0.3, 0.4) is 0 Å². The quantitative estimate of drug-likeness (QED) is 0.535. The van der Waals surface area contributed by atoms with Gasteiger partial charge in [-0.25, -0.2) is 4.39 Å². The summed E-state index contributed by atoms with van der Waals surface area (Å²) in [6.07, 6.45) is -6.14. The van der Waals surface area contributed by atoms with Crippen LogP contribution in [0.15, 0.2) is 0 Å². The van der Waals surface area contributed by atoms with E-state index in [-0.39, 0.29) is 0 Å². The van der Waals surface area contributed by atoms with E-state index in [1.54, 1.807) is 0 Å². The maximum Gasteiger partial charge on any atom is 0.303 e. The summed E-state index contributed by atoms with van der Waals surface area (Å²) in [6.45, 7) is 1.57. The van der Waals surface area contributed by atoms with Crippen LogP contribution >= 0.6 is 0 Å². The molecule has 0 unspecified atom stereocenters. The normalized spacial score (nSPS) is 35.9. The van der Waals surface area contributed by atoms with Gasteiger partial charge in [-0.1, -0.05) is 0 Å². The molecule has 1 rings (SSSR count). The largest absolute Gasteiger partial charge is 0.457 e. The lowest BCUT2D eigenvalue weighted by Gasteiger charge is -2.40. The Bertz CT molecular complexity index is 325. The Morgan fingerprint density at radius 3 is 2.50 bits per heavy atom. The molecule has 0 saturated carbocycles. The maximum atomic E-state index is 13.9. The Labute approximate surface area is 103 Å². The number of hydrogen-bond donors (Lipinski definition) is 3. The smallest absolute Gasteiger partial charge is 0.303 e. The highest BCUT2D eigenvalue weighted by Crippen LogP contribution is 2.25. The minimum absolute atomic E-state index is 0.533. The van der Waals surface area contributed by atoms with Gasteiger partial charge in [-0.3, -0.25) is 9.59 Å². The molecule has 0 aromatic carbocycles. The van der Waals surface area contributed by atoms with Crippen molar-refractivity contribution in [1.82, 2.24) is 5.32 Å². The second kappa shape index (κ2) is 6.07. The van der Waals surface area contributed by atoms with Crippen molar-refractivity contribution in [3.63, 3.8) is 0 Å². The Kier molecular flexibility index (Phi) is 5.00. The van der Waals surface area contributed by atoms with Crippen molar-refractivity contribution < 1.29 is 33.7 Å². The van der Waals surface area contributed by atoms with E-state index in [0.29, 0.717) is 0 Å². The molecule has 3 N–H and O–H groups in total. The molecule has 5 atom stereocenters. The van der Waals surface area contributed by atoms with Gasteiger partial charge in [-0.15, -0.1) is 0 Å². The first-order valence-electron chi connectivity index (χ1n) is 5.39.